The van der Waals surface area contributed by atoms with Crippen molar-refractivity contribution < 1.29 is 35.1 Å². The van der Waals surface area contributed by atoms with Crippen LogP contribution in [0.3, 0.4) is 0 Å². The van der Waals surface area contributed by atoms with Crippen molar-refractivity contribution in [3.05, 3.63) is 24.3 Å². The Morgan fingerprint density at radius 2 is 1.44 bits per heavy atom. The van der Waals surface area contributed by atoms with Crippen LogP contribution in [0.4, 0.5) is 22.0 Å². The number of benzene rings is 1. The van der Waals surface area contributed by atoms with Crippen molar-refractivity contribution in [2.45, 2.75) is 17.2 Å². The van der Waals surface area contributed by atoms with Gasteiger partial charge in [-0.25, -0.2) is 8.42 Å². The first-order valence-electron chi connectivity index (χ1n) is 4.12. The van der Waals surface area contributed by atoms with E-state index >= 15 is 0 Å². The zero-order chi connectivity index (χ0) is 14.2. The normalized spacial score (nSPS) is 13.4. The maximum Gasteiger partial charge on any atom is 0.499 e. The van der Waals surface area contributed by atoms with Crippen LogP contribution in [0.1, 0.15) is 0 Å². The summed E-state index contributed by atoms with van der Waals surface area (Å²) in [7, 11) is 0.835. The van der Waals surface area contributed by atoms with E-state index in [9.17, 15) is 30.4 Å². The van der Waals surface area contributed by atoms with E-state index < -0.39 is 32.0 Å². The van der Waals surface area contributed by atoms with Crippen LogP contribution in [-0.2, 0) is 9.05 Å². The fraction of sp³-hybridized carbons (Fsp3) is 0.250. The predicted octanol–water partition coefficient (Wildman–Crippen LogP) is 3.15. The third kappa shape index (κ3) is 3.45. The smallest absolute Gasteiger partial charge is 0.426 e. The highest BCUT2D eigenvalue weighted by atomic mass is 35.7. The van der Waals surface area contributed by atoms with Crippen LogP contribution in [0.15, 0.2) is 29.2 Å². The lowest BCUT2D eigenvalue weighted by Gasteiger charge is -2.20. The summed E-state index contributed by atoms with van der Waals surface area (Å²) in [4.78, 5) is -0.452. The molecule has 0 N–H and O–H groups in total. The van der Waals surface area contributed by atoms with Gasteiger partial charge < -0.3 is 4.74 Å². The molecule has 0 bridgehead atoms. The first-order valence-corrected chi connectivity index (χ1v) is 6.43. The molecular weight excluding hydrogens is 307 g/mol. The summed E-state index contributed by atoms with van der Waals surface area (Å²) in [5.41, 5.74) is 0. The SMILES string of the molecule is O=S(=O)(Cl)c1ccc(OC(F)(F)C(F)(F)F)cc1. The van der Waals surface area contributed by atoms with Crippen LogP contribution < -0.4 is 4.74 Å². The first-order chi connectivity index (χ1) is 7.93. The number of hydrogen-bond donors (Lipinski definition) is 0. The molecular formula is C8H4ClF5O3S. The summed E-state index contributed by atoms with van der Waals surface area (Å²) in [6.07, 6.45) is -11.2. The highest BCUT2D eigenvalue weighted by Crippen LogP contribution is 2.37. The average molecular weight is 311 g/mol. The van der Waals surface area contributed by atoms with Gasteiger partial charge in [-0.2, -0.15) is 22.0 Å². The Balaban J connectivity index is 2.95. The molecule has 0 heterocycles. The lowest BCUT2D eigenvalue weighted by Crippen LogP contribution is -2.41. The van der Waals surface area contributed by atoms with E-state index in [4.69, 9.17) is 10.7 Å². The predicted molar refractivity (Wildman–Crippen MR) is 51.1 cm³/mol. The Bertz CT molecular complexity index is 523. The van der Waals surface area contributed by atoms with E-state index in [0.29, 0.717) is 12.1 Å². The van der Waals surface area contributed by atoms with Crippen molar-refractivity contribution in [1.82, 2.24) is 0 Å². The average Bonchev–Trinajstić information content (AvgIpc) is 2.14. The Morgan fingerprint density at radius 3 is 1.78 bits per heavy atom. The largest absolute Gasteiger partial charge is 0.499 e. The minimum atomic E-state index is -5.87. The number of alkyl halides is 5. The fourth-order valence-corrected chi connectivity index (χ4v) is 1.65. The van der Waals surface area contributed by atoms with Crippen LogP contribution in [-0.4, -0.2) is 20.7 Å². The van der Waals surface area contributed by atoms with Crippen LogP contribution in [0.25, 0.3) is 0 Å². The van der Waals surface area contributed by atoms with Gasteiger partial charge in [0.2, 0.25) is 0 Å². The van der Waals surface area contributed by atoms with Gasteiger partial charge in [-0.05, 0) is 24.3 Å². The summed E-state index contributed by atoms with van der Waals surface area (Å²) in [6.45, 7) is 0. The van der Waals surface area contributed by atoms with Gasteiger partial charge in [-0.1, -0.05) is 0 Å². The molecule has 0 spiro atoms. The topological polar surface area (TPSA) is 43.4 Å². The van der Waals surface area contributed by atoms with Crippen LogP contribution in [0.2, 0.25) is 0 Å². The van der Waals surface area contributed by atoms with E-state index in [1.165, 1.54) is 0 Å². The number of ether oxygens (including phenoxy) is 1. The van der Waals surface area contributed by atoms with Crippen molar-refractivity contribution in [1.29, 1.82) is 0 Å². The second kappa shape index (κ2) is 4.54. The van der Waals surface area contributed by atoms with Gasteiger partial charge in [0.1, 0.15) is 5.75 Å². The first kappa shape index (κ1) is 15.0. The molecule has 1 aromatic rings. The molecule has 0 saturated heterocycles. The third-order valence-corrected chi connectivity index (χ3v) is 3.05. The molecule has 0 saturated carbocycles. The Kier molecular flexibility index (Phi) is 3.78. The number of hydrogen-bond acceptors (Lipinski definition) is 3. The maximum absolute atomic E-state index is 12.5. The molecule has 0 unspecified atom stereocenters. The Hall–Kier alpha value is -1.09. The summed E-state index contributed by atoms with van der Waals surface area (Å²) < 4.78 is 85.3. The zero-order valence-electron chi connectivity index (χ0n) is 8.21. The molecule has 102 valence electrons. The van der Waals surface area contributed by atoms with Gasteiger partial charge in [0.15, 0.2) is 0 Å². The van der Waals surface area contributed by atoms with Crippen LogP contribution in [0.5, 0.6) is 5.75 Å². The van der Waals surface area contributed by atoms with Crippen molar-refractivity contribution in [2.24, 2.45) is 0 Å². The summed E-state index contributed by atoms with van der Waals surface area (Å²) in [5, 5.41) is 0. The molecule has 18 heavy (non-hydrogen) atoms. The second-order valence-electron chi connectivity index (χ2n) is 3.03. The fourth-order valence-electron chi connectivity index (χ4n) is 0.876. The van der Waals surface area contributed by atoms with Gasteiger partial charge >= 0.3 is 12.3 Å². The minimum absolute atomic E-state index is 0.452. The zero-order valence-corrected chi connectivity index (χ0v) is 9.78. The highest BCUT2D eigenvalue weighted by molar-refractivity contribution is 8.13. The van der Waals surface area contributed by atoms with Crippen LogP contribution in [0, 0.1) is 0 Å². The van der Waals surface area contributed by atoms with Crippen molar-refractivity contribution in [2.75, 3.05) is 0 Å². The van der Waals surface area contributed by atoms with Crippen LogP contribution >= 0.6 is 10.7 Å². The van der Waals surface area contributed by atoms with E-state index in [2.05, 4.69) is 4.74 Å². The molecule has 1 rings (SSSR count). The quantitative estimate of drug-likeness (QED) is 0.636. The van der Waals surface area contributed by atoms with Gasteiger partial charge in [0, 0.05) is 10.7 Å². The molecule has 0 fully saturated rings. The number of rotatable bonds is 3. The van der Waals surface area contributed by atoms with Gasteiger partial charge in [-0.3, -0.25) is 0 Å². The Labute approximate surface area is 103 Å². The molecule has 10 heteroatoms. The second-order valence-corrected chi connectivity index (χ2v) is 5.59. The lowest BCUT2D eigenvalue weighted by atomic mass is 10.3. The summed E-state index contributed by atoms with van der Waals surface area (Å²) in [6, 6.07) is 2.75. The van der Waals surface area contributed by atoms with Gasteiger partial charge in [-0.15, -0.1) is 0 Å². The molecule has 0 atom stereocenters. The third-order valence-electron chi connectivity index (χ3n) is 1.68. The van der Waals surface area contributed by atoms with Crippen molar-refractivity contribution >= 4 is 19.7 Å². The molecule has 0 aliphatic heterocycles. The van der Waals surface area contributed by atoms with Gasteiger partial charge in [0.25, 0.3) is 9.05 Å². The monoisotopic (exact) mass is 310 g/mol. The van der Waals surface area contributed by atoms with E-state index in [0.717, 1.165) is 12.1 Å². The number of halogens is 6. The summed E-state index contributed by atoms with van der Waals surface area (Å²) in [5.74, 6) is -0.846. The molecule has 0 aromatic heterocycles. The molecule has 0 aliphatic carbocycles. The molecule has 3 nitrogen and oxygen atoms in total. The Morgan fingerprint density at radius 1 is 1.00 bits per heavy atom. The lowest BCUT2D eigenvalue weighted by molar-refractivity contribution is -0.360. The van der Waals surface area contributed by atoms with Crippen molar-refractivity contribution in [3.63, 3.8) is 0 Å². The molecule has 0 amide bonds. The maximum atomic E-state index is 12.5. The van der Waals surface area contributed by atoms with E-state index in [1.54, 1.807) is 0 Å². The molecule has 0 radical (unpaired) electrons. The summed E-state index contributed by atoms with van der Waals surface area (Å²) >= 11 is 0. The van der Waals surface area contributed by atoms with Crippen molar-refractivity contribution in [3.8, 4) is 5.75 Å². The van der Waals surface area contributed by atoms with E-state index in [-0.39, 0.29) is 0 Å². The minimum Gasteiger partial charge on any atom is -0.426 e. The van der Waals surface area contributed by atoms with Gasteiger partial charge in [0.05, 0.1) is 4.90 Å². The standard InChI is InChI=1S/C8H4ClF5O3S/c9-18(15,16)6-3-1-5(2-4-6)17-8(13,14)7(10,11)12/h1-4H. The molecule has 0 aliphatic rings. The highest BCUT2D eigenvalue weighted by Gasteiger charge is 2.61. The van der Waals surface area contributed by atoms with E-state index in [1.807, 2.05) is 0 Å². The molecule has 1 aromatic carbocycles.